The number of nitrogens with one attached hydrogen (secondary N) is 1. The third-order valence-corrected chi connectivity index (χ3v) is 8.30. The number of piperazine rings is 1. The van der Waals surface area contributed by atoms with Gasteiger partial charge in [-0.15, -0.1) is 0 Å². The Morgan fingerprint density at radius 3 is 2.36 bits per heavy atom. The molecule has 0 unspecified atom stereocenters. The van der Waals surface area contributed by atoms with Crippen molar-refractivity contribution in [1.82, 2.24) is 24.3 Å². The summed E-state index contributed by atoms with van der Waals surface area (Å²) in [5.41, 5.74) is 1.10. The number of likely N-dealkylation sites (tertiary alicyclic amines) is 1. The van der Waals surface area contributed by atoms with Crippen LogP contribution in [0.5, 0.6) is 0 Å². The molecule has 0 saturated carbocycles. The van der Waals surface area contributed by atoms with Crippen molar-refractivity contribution >= 4 is 33.2 Å². The summed E-state index contributed by atoms with van der Waals surface area (Å²) in [6.07, 6.45) is 5.11. The van der Waals surface area contributed by atoms with Gasteiger partial charge in [0.25, 0.3) is 15.9 Å². The smallest absolute Gasteiger partial charge is 0.263 e. The molecule has 1 aromatic heterocycles. The molecule has 0 atom stereocenters. The molecule has 0 radical (unpaired) electrons. The predicted molar refractivity (Wildman–Crippen MR) is 128 cm³/mol. The number of halogens is 1. The number of amides is 1. The second-order valence-corrected chi connectivity index (χ2v) is 10.8. The molecule has 9 nitrogen and oxygen atoms in total. The number of hydrogen-bond acceptors (Lipinski definition) is 6. The van der Waals surface area contributed by atoms with Crippen LogP contribution in [0.2, 0.25) is 5.02 Å². The van der Waals surface area contributed by atoms with E-state index in [2.05, 4.69) is 20.2 Å². The Morgan fingerprint density at radius 2 is 1.70 bits per heavy atom. The number of aromatic nitrogens is 2. The summed E-state index contributed by atoms with van der Waals surface area (Å²) in [5.74, 6) is -0.404. The van der Waals surface area contributed by atoms with Gasteiger partial charge in [-0.25, -0.2) is 8.42 Å². The summed E-state index contributed by atoms with van der Waals surface area (Å²) >= 11 is 5.96. The van der Waals surface area contributed by atoms with Crippen molar-refractivity contribution in [1.29, 1.82) is 0 Å². The number of rotatable bonds is 7. The first kappa shape index (κ1) is 24.0. The highest BCUT2D eigenvalue weighted by molar-refractivity contribution is 7.89. The normalized spacial score (nSPS) is 18.4. The molecule has 4 rings (SSSR count). The third kappa shape index (κ3) is 5.68. The Labute approximate surface area is 200 Å². The van der Waals surface area contributed by atoms with Crippen molar-refractivity contribution in [2.75, 3.05) is 57.3 Å². The van der Waals surface area contributed by atoms with E-state index in [1.165, 1.54) is 34.4 Å². The van der Waals surface area contributed by atoms with Gasteiger partial charge in [-0.1, -0.05) is 18.0 Å². The highest BCUT2D eigenvalue weighted by Gasteiger charge is 2.34. The summed E-state index contributed by atoms with van der Waals surface area (Å²) in [6, 6.07) is 7.50. The molecule has 33 heavy (non-hydrogen) atoms. The number of anilines is 1. The summed E-state index contributed by atoms with van der Waals surface area (Å²) in [7, 11) is -2.27. The number of carbonyl (C=O) groups excluding carboxylic acids is 1. The van der Waals surface area contributed by atoms with Gasteiger partial charge in [-0.3, -0.25) is 9.48 Å². The molecule has 3 heterocycles. The Balaban J connectivity index is 1.39. The highest BCUT2D eigenvalue weighted by atomic mass is 35.5. The number of hydrogen-bond donors (Lipinski definition) is 1. The molecule has 2 aliphatic rings. The van der Waals surface area contributed by atoms with Crippen molar-refractivity contribution in [2.24, 2.45) is 7.05 Å². The van der Waals surface area contributed by atoms with Crippen LogP contribution >= 0.6 is 11.6 Å². The van der Waals surface area contributed by atoms with Crippen LogP contribution < -0.4 is 10.2 Å². The summed E-state index contributed by atoms with van der Waals surface area (Å²) in [5, 5.41) is 7.51. The van der Waals surface area contributed by atoms with Crippen molar-refractivity contribution in [3.05, 3.63) is 41.0 Å². The molecule has 2 fully saturated rings. The van der Waals surface area contributed by atoms with E-state index in [0.717, 1.165) is 25.3 Å². The minimum absolute atomic E-state index is 0.0938. The van der Waals surface area contributed by atoms with Crippen LogP contribution in [0.1, 0.15) is 29.6 Å². The summed E-state index contributed by atoms with van der Waals surface area (Å²) in [4.78, 5) is 17.3. The van der Waals surface area contributed by atoms with Gasteiger partial charge in [0, 0.05) is 63.2 Å². The quantitative estimate of drug-likeness (QED) is 0.631. The van der Waals surface area contributed by atoms with E-state index in [0.29, 0.717) is 37.7 Å². The fourth-order valence-electron chi connectivity index (χ4n) is 4.38. The number of sulfonamides is 1. The van der Waals surface area contributed by atoms with Crippen LogP contribution in [0.3, 0.4) is 0 Å². The van der Waals surface area contributed by atoms with Gasteiger partial charge in [-0.05, 0) is 50.2 Å². The zero-order valence-corrected chi connectivity index (χ0v) is 20.5. The fourth-order valence-corrected chi connectivity index (χ4v) is 6.05. The molecule has 0 bridgehead atoms. The Hall–Kier alpha value is -2.14. The minimum atomic E-state index is -3.89. The van der Waals surface area contributed by atoms with Crippen LogP contribution in [0.4, 0.5) is 5.69 Å². The molecule has 1 N–H and O–H groups in total. The molecule has 11 heteroatoms. The van der Waals surface area contributed by atoms with E-state index >= 15 is 0 Å². The Bertz CT molecular complexity index is 1060. The van der Waals surface area contributed by atoms with Crippen molar-refractivity contribution in [2.45, 2.75) is 24.3 Å². The average molecular weight is 495 g/mol. The van der Waals surface area contributed by atoms with Gasteiger partial charge in [0.2, 0.25) is 5.03 Å². The molecule has 2 aliphatic heterocycles. The van der Waals surface area contributed by atoms with Gasteiger partial charge < -0.3 is 15.1 Å². The molecule has 1 aromatic carbocycles. The van der Waals surface area contributed by atoms with E-state index in [4.69, 9.17) is 11.6 Å². The summed E-state index contributed by atoms with van der Waals surface area (Å²) in [6.45, 7) is 5.06. The number of benzene rings is 1. The topological polar surface area (TPSA) is 90.8 Å². The first-order valence-corrected chi connectivity index (χ1v) is 13.2. The third-order valence-electron chi connectivity index (χ3n) is 6.22. The van der Waals surface area contributed by atoms with Crippen LogP contribution in [0.15, 0.2) is 35.5 Å². The predicted octanol–water partition coefficient (Wildman–Crippen LogP) is 1.80. The first-order chi connectivity index (χ1) is 15.8. The maximum absolute atomic E-state index is 13.4. The van der Waals surface area contributed by atoms with Crippen LogP contribution in [0, 0.1) is 0 Å². The number of aryl methyl sites for hydroxylation is 1. The van der Waals surface area contributed by atoms with E-state index in [9.17, 15) is 13.2 Å². The zero-order valence-electron chi connectivity index (χ0n) is 18.9. The number of nitrogens with zero attached hydrogens (tertiary/aromatic N) is 5. The molecule has 0 aliphatic carbocycles. The Kier molecular flexibility index (Phi) is 7.58. The first-order valence-electron chi connectivity index (χ1n) is 11.4. The second kappa shape index (κ2) is 10.4. The molecular formula is C22H31ClN6O3S. The zero-order chi connectivity index (χ0) is 23.4. The lowest BCUT2D eigenvalue weighted by Gasteiger charge is -2.35. The monoisotopic (exact) mass is 494 g/mol. The van der Waals surface area contributed by atoms with E-state index in [1.807, 2.05) is 24.3 Å². The standard InChI is InChI=1S/C22H31ClN6O3S/c1-26-17-20(21(30)24-9-12-27-10-3-2-4-11-27)22(25-26)33(31,32)29-15-13-28(14-16-29)19-7-5-18(23)6-8-19/h5-8,17H,2-4,9-16H2,1H3,(H,24,30). The molecule has 0 spiro atoms. The van der Waals surface area contributed by atoms with Crippen LogP contribution in [0.25, 0.3) is 0 Å². The lowest BCUT2D eigenvalue weighted by molar-refractivity contribution is 0.0943. The largest absolute Gasteiger partial charge is 0.369 e. The van der Waals surface area contributed by atoms with Gasteiger partial charge in [-0.2, -0.15) is 9.40 Å². The molecule has 1 amide bonds. The van der Waals surface area contributed by atoms with Gasteiger partial charge >= 0.3 is 0 Å². The fraction of sp³-hybridized carbons (Fsp3) is 0.545. The van der Waals surface area contributed by atoms with E-state index < -0.39 is 15.9 Å². The molecular weight excluding hydrogens is 464 g/mol. The van der Waals surface area contributed by atoms with Gasteiger partial charge in [0.1, 0.15) is 0 Å². The highest BCUT2D eigenvalue weighted by Crippen LogP contribution is 2.23. The second-order valence-electron chi connectivity index (χ2n) is 8.55. The van der Waals surface area contributed by atoms with Crippen molar-refractivity contribution in [3.8, 4) is 0 Å². The lowest BCUT2D eigenvalue weighted by Crippen LogP contribution is -2.49. The molecule has 180 valence electrons. The van der Waals surface area contributed by atoms with Crippen molar-refractivity contribution in [3.63, 3.8) is 0 Å². The minimum Gasteiger partial charge on any atom is -0.369 e. The maximum atomic E-state index is 13.4. The molecule has 2 saturated heterocycles. The SMILES string of the molecule is Cn1cc(C(=O)NCCN2CCCCC2)c(S(=O)(=O)N2CCN(c3ccc(Cl)cc3)CC2)n1. The van der Waals surface area contributed by atoms with Gasteiger partial charge in [0.05, 0.1) is 5.56 Å². The van der Waals surface area contributed by atoms with Crippen molar-refractivity contribution < 1.29 is 13.2 Å². The van der Waals surface area contributed by atoms with E-state index in [1.54, 1.807) is 7.05 Å². The maximum Gasteiger partial charge on any atom is 0.263 e. The summed E-state index contributed by atoms with van der Waals surface area (Å²) < 4.78 is 29.5. The van der Waals surface area contributed by atoms with Crippen LogP contribution in [-0.4, -0.2) is 85.7 Å². The van der Waals surface area contributed by atoms with E-state index in [-0.39, 0.29) is 10.6 Å². The number of piperidine rings is 1. The van der Waals surface area contributed by atoms with Gasteiger partial charge in [0.15, 0.2) is 0 Å². The lowest BCUT2D eigenvalue weighted by atomic mass is 10.1. The number of carbonyl (C=O) groups is 1. The Morgan fingerprint density at radius 1 is 1.03 bits per heavy atom. The average Bonchev–Trinajstić information content (AvgIpc) is 3.23. The van der Waals surface area contributed by atoms with Crippen LogP contribution in [-0.2, 0) is 17.1 Å². The molecule has 2 aromatic rings.